The average molecular weight is 353 g/mol. The number of aromatic nitrogens is 2. The van der Waals surface area contributed by atoms with Gasteiger partial charge in [0, 0.05) is 5.75 Å². The average Bonchev–Trinajstić information content (AvgIpc) is 3.00. The van der Waals surface area contributed by atoms with Gasteiger partial charge in [0.1, 0.15) is 11.5 Å². The molecule has 0 radical (unpaired) electrons. The van der Waals surface area contributed by atoms with E-state index in [1.165, 1.54) is 11.3 Å². The van der Waals surface area contributed by atoms with Crippen LogP contribution in [0.2, 0.25) is 0 Å². The SMILES string of the molecule is CCCSc1nnc(NC(=O)COc2ccc(OCC)cc2)s1. The Morgan fingerprint density at radius 3 is 2.52 bits per heavy atom. The van der Waals surface area contributed by atoms with Gasteiger partial charge >= 0.3 is 0 Å². The first-order valence-corrected chi connectivity index (χ1v) is 9.13. The fourth-order valence-electron chi connectivity index (χ4n) is 1.61. The zero-order valence-corrected chi connectivity index (χ0v) is 14.7. The van der Waals surface area contributed by atoms with E-state index in [4.69, 9.17) is 9.47 Å². The molecule has 124 valence electrons. The van der Waals surface area contributed by atoms with Crippen LogP contribution in [0.3, 0.4) is 0 Å². The van der Waals surface area contributed by atoms with Crippen molar-refractivity contribution in [1.29, 1.82) is 0 Å². The Hall–Kier alpha value is -1.80. The van der Waals surface area contributed by atoms with Gasteiger partial charge in [-0.05, 0) is 37.6 Å². The number of nitrogens with one attached hydrogen (secondary N) is 1. The second-order valence-electron chi connectivity index (χ2n) is 4.46. The number of amides is 1. The minimum absolute atomic E-state index is 0.0784. The molecule has 0 unspecified atom stereocenters. The van der Waals surface area contributed by atoms with Gasteiger partial charge in [-0.3, -0.25) is 10.1 Å². The van der Waals surface area contributed by atoms with Crippen molar-refractivity contribution in [3.63, 3.8) is 0 Å². The molecule has 0 fully saturated rings. The first kappa shape index (κ1) is 17.6. The second kappa shape index (κ2) is 9.36. The third kappa shape index (κ3) is 6.07. The van der Waals surface area contributed by atoms with E-state index < -0.39 is 0 Å². The largest absolute Gasteiger partial charge is 0.494 e. The number of nitrogens with zero attached hydrogens (tertiary/aromatic N) is 2. The van der Waals surface area contributed by atoms with Gasteiger partial charge in [0.15, 0.2) is 10.9 Å². The van der Waals surface area contributed by atoms with Crippen LogP contribution in [-0.2, 0) is 4.79 Å². The fourth-order valence-corrected chi connectivity index (χ4v) is 3.30. The number of thioether (sulfide) groups is 1. The minimum Gasteiger partial charge on any atom is -0.494 e. The number of carbonyl (C=O) groups excluding carboxylic acids is 1. The van der Waals surface area contributed by atoms with E-state index in [9.17, 15) is 4.79 Å². The van der Waals surface area contributed by atoms with Crippen molar-refractivity contribution in [3.8, 4) is 11.5 Å². The van der Waals surface area contributed by atoms with Crippen LogP contribution in [0.1, 0.15) is 20.3 Å². The highest BCUT2D eigenvalue weighted by Gasteiger charge is 2.09. The lowest BCUT2D eigenvalue weighted by atomic mass is 10.3. The van der Waals surface area contributed by atoms with Crippen LogP contribution in [0.25, 0.3) is 0 Å². The molecule has 0 aliphatic heterocycles. The van der Waals surface area contributed by atoms with Crippen LogP contribution in [0.5, 0.6) is 11.5 Å². The third-order valence-electron chi connectivity index (χ3n) is 2.59. The summed E-state index contributed by atoms with van der Waals surface area (Å²) in [5.74, 6) is 2.11. The number of hydrogen-bond donors (Lipinski definition) is 1. The van der Waals surface area contributed by atoms with E-state index in [2.05, 4.69) is 22.4 Å². The number of ether oxygens (including phenoxy) is 2. The molecule has 2 aromatic rings. The van der Waals surface area contributed by atoms with E-state index in [-0.39, 0.29) is 12.5 Å². The van der Waals surface area contributed by atoms with Gasteiger partial charge in [-0.25, -0.2) is 0 Å². The summed E-state index contributed by atoms with van der Waals surface area (Å²) in [6.07, 6.45) is 1.07. The maximum atomic E-state index is 11.8. The first-order valence-electron chi connectivity index (χ1n) is 7.33. The molecule has 1 N–H and O–H groups in total. The molecule has 1 aromatic heterocycles. The highest BCUT2D eigenvalue weighted by Crippen LogP contribution is 2.25. The van der Waals surface area contributed by atoms with E-state index >= 15 is 0 Å². The fraction of sp³-hybridized carbons (Fsp3) is 0.400. The maximum absolute atomic E-state index is 11.8. The number of benzene rings is 1. The number of anilines is 1. The lowest BCUT2D eigenvalue weighted by molar-refractivity contribution is -0.118. The molecule has 0 bridgehead atoms. The lowest BCUT2D eigenvalue weighted by Crippen LogP contribution is -2.20. The van der Waals surface area contributed by atoms with Crippen LogP contribution in [0.15, 0.2) is 28.6 Å². The van der Waals surface area contributed by atoms with Crippen LogP contribution in [0.4, 0.5) is 5.13 Å². The molecule has 0 aliphatic carbocycles. The molecule has 0 aliphatic rings. The van der Waals surface area contributed by atoms with E-state index in [1.54, 1.807) is 36.0 Å². The highest BCUT2D eigenvalue weighted by molar-refractivity contribution is 8.01. The first-order chi connectivity index (χ1) is 11.2. The predicted octanol–water partition coefficient (Wildman–Crippen LogP) is 3.46. The summed E-state index contributed by atoms with van der Waals surface area (Å²) in [6.45, 7) is 4.57. The Balaban J connectivity index is 1.77. The summed E-state index contributed by atoms with van der Waals surface area (Å²) in [6, 6.07) is 7.14. The molecule has 1 heterocycles. The minimum atomic E-state index is -0.262. The van der Waals surface area contributed by atoms with Gasteiger partial charge in [0.25, 0.3) is 5.91 Å². The van der Waals surface area contributed by atoms with Crippen LogP contribution >= 0.6 is 23.1 Å². The molecule has 1 amide bonds. The lowest BCUT2D eigenvalue weighted by Gasteiger charge is -2.07. The van der Waals surface area contributed by atoms with Crippen LogP contribution in [-0.4, -0.2) is 35.1 Å². The zero-order valence-electron chi connectivity index (χ0n) is 13.1. The number of hydrogen-bond acceptors (Lipinski definition) is 7. The van der Waals surface area contributed by atoms with Gasteiger partial charge in [-0.2, -0.15) is 0 Å². The van der Waals surface area contributed by atoms with E-state index in [1.807, 2.05) is 6.92 Å². The number of carbonyl (C=O) groups is 1. The van der Waals surface area contributed by atoms with Crippen molar-refractivity contribution in [2.75, 3.05) is 24.3 Å². The summed E-state index contributed by atoms with van der Waals surface area (Å²) in [5, 5.41) is 11.1. The van der Waals surface area contributed by atoms with Crippen LogP contribution in [0, 0.1) is 0 Å². The molecule has 0 saturated carbocycles. The summed E-state index contributed by atoms with van der Waals surface area (Å²) in [5.41, 5.74) is 0. The van der Waals surface area contributed by atoms with E-state index in [0.717, 1.165) is 22.3 Å². The van der Waals surface area contributed by atoms with Gasteiger partial charge in [-0.15, -0.1) is 10.2 Å². The number of rotatable bonds is 9. The Morgan fingerprint density at radius 2 is 1.87 bits per heavy atom. The summed E-state index contributed by atoms with van der Waals surface area (Å²) >= 11 is 3.00. The maximum Gasteiger partial charge on any atom is 0.264 e. The van der Waals surface area contributed by atoms with Crippen molar-refractivity contribution < 1.29 is 14.3 Å². The zero-order chi connectivity index (χ0) is 16.5. The van der Waals surface area contributed by atoms with Gasteiger partial charge in [0.2, 0.25) is 5.13 Å². The molecular weight excluding hydrogens is 334 g/mol. The topological polar surface area (TPSA) is 73.3 Å². The van der Waals surface area contributed by atoms with Gasteiger partial charge < -0.3 is 9.47 Å². The second-order valence-corrected chi connectivity index (χ2v) is 6.78. The van der Waals surface area contributed by atoms with Gasteiger partial charge in [0.05, 0.1) is 6.61 Å². The summed E-state index contributed by atoms with van der Waals surface area (Å²) in [7, 11) is 0. The van der Waals surface area contributed by atoms with Crippen molar-refractivity contribution in [3.05, 3.63) is 24.3 Å². The Bertz CT molecular complexity index is 617. The Labute approximate surface area is 143 Å². The molecule has 0 spiro atoms. The predicted molar refractivity (Wildman–Crippen MR) is 92.7 cm³/mol. The van der Waals surface area contributed by atoms with Crippen molar-refractivity contribution >= 4 is 34.1 Å². The quantitative estimate of drug-likeness (QED) is 0.550. The molecule has 6 nitrogen and oxygen atoms in total. The molecule has 2 rings (SSSR count). The highest BCUT2D eigenvalue weighted by atomic mass is 32.2. The van der Waals surface area contributed by atoms with Crippen LogP contribution < -0.4 is 14.8 Å². The molecule has 8 heteroatoms. The Kier molecular flexibility index (Phi) is 7.15. The smallest absolute Gasteiger partial charge is 0.264 e. The molecular formula is C15H19N3O3S2. The standard InChI is InChI=1S/C15H19N3O3S2/c1-3-9-22-15-18-17-14(23-15)16-13(19)10-21-12-7-5-11(6-8-12)20-4-2/h5-8H,3-4,9-10H2,1-2H3,(H,16,17,19). The van der Waals surface area contributed by atoms with Crippen molar-refractivity contribution in [2.24, 2.45) is 0 Å². The molecule has 23 heavy (non-hydrogen) atoms. The monoisotopic (exact) mass is 353 g/mol. The summed E-state index contributed by atoms with van der Waals surface area (Å²) in [4.78, 5) is 11.8. The normalized spacial score (nSPS) is 10.3. The van der Waals surface area contributed by atoms with Crippen molar-refractivity contribution in [1.82, 2.24) is 10.2 Å². The third-order valence-corrected chi connectivity index (χ3v) is 4.76. The van der Waals surface area contributed by atoms with Gasteiger partial charge in [-0.1, -0.05) is 30.0 Å². The molecule has 0 saturated heterocycles. The van der Waals surface area contributed by atoms with E-state index in [0.29, 0.717) is 17.5 Å². The molecule has 1 aromatic carbocycles. The Morgan fingerprint density at radius 1 is 1.17 bits per heavy atom. The van der Waals surface area contributed by atoms with Crippen molar-refractivity contribution in [2.45, 2.75) is 24.6 Å². The summed E-state index contributed by atoms with van der Waals surface area (Å²) < 4.78 is 11.6. The molecule has 0 atom stereocenters.